The Labute approximate surface area is 206 Å². The van der Waals surface area contributed by atoms with Crippen LogP contribution in [0.15, 0.2) is 85.5 Å². The summed E-state index contributed by atoms with van der Waals surface area (Å²) in [5.74, 6) is 1.54. The van der Waals surface area contributed by atoms with Crippen LogP contribution in [0.25, 0.3) is 17.2 Å². The topological polar surface area (TPSA) is 56.3 Å². The first-order valence-electron chi connectivity index (χ1n) is 11.9. The monoisotopic (exact) mass is 463 g/mol. The van der Waals surface area contributed by atoms with Crippen LogP contribution in [-0.4, -0.2) is 23.6 Å². The maximum Gasteiger partial charge on any atom is 0.161 e. The molecule has 5 heteroatoms. The second-order valence-electron chi connectivity index (χ2n) is 8.72. The third-order valence-corrected chi connectivity index (χ3v) is 6.40. The Morgan fingerprint density at radius 1 is 0.971 bits per heavy atom. The van der Waals surface area contributed by atoms with Crippen LogP contribution in [0.4, 0.5) is 0 Å². The number of fused-ring (bicyclic) bond motifs is 1. The van der Waals surface area contributed by atoms with Crippen molar-refractivity contribution in [3.8, 4) is 22.6 Å². The lowest BCUT2D eigenvalue weighted by Crippen LogP contribution is -2.28. The summed E-state index contributed by atoms with van der Waals surface area (Å²) in [6.45, 7) is 3.55. The van der Waals surface area contributed by atoms with Crippen molar-refractivity contribution in [2.75, 3.05) is 13.7 Å². The van der Waals surface area contributed by atoms with Crippen LogP contribution in [0.2, 0.25) is 0 Å². The van der Waals surface area contributed by atoms with Gasteiger partial charge in [0.05, 0.1) is 13.2 Å². The molecule has 1 unspecified atom stereocenters. The van der Waals surface area contributed by atoms with Crippen molar-refractivity contribution >= 4 is 6.08 Å². The molecule has 5 rings (SSSR count). The molecule has 3 aromatic carbocycles. The minimum atomic E-state index is 0.0962. The lowest BCUT2D eigenvalue weighted by Gasteiger charge is -2.26. The third-order valence-electron chi connectivity index (χ3n) is 6.40. The van der Waals surface area contributed by atoms with E-state index in [0.717, 1.165) is 41.2 Å². The Hall–Kier alpha value is -3.96. The molecule has 35 heavy (non-hydrogen) atoms. The third kappa shape index (κ3) is 5.26. The summed E-state index contributed by atoms with van der Waals surface area (Å²) in [6.07, 6.45) is 10.6. The van der Waals surface area contributed by atoms with Crippen molar-refractivity contribution in [1.82, 2.24) is 15.3 Å². The molecule has 2 heterocycles. The molecule has 0 saturated carbocycles. The first kappa shape index (κ1) is 22.8. The molecular formula is C30H29N3O2. The standard InChI is InChI=1S/C30H29N3O2/c1-21-8-9-24(26-17-31-20-32-18-26)14-23(21)10-11-28-27-16-29(34-2)30(15-25(27)12-13-33-28)35-19-22-6-4-3-5-7-22/h3-11,14-18,20,28,33H,12-13,19H2,1-2H3/b11-10+. The molecule has 1 aromatic heterocycles. The van der Waals surface area contributed by atoms with Crippen molar-refractivity contribution in [1.29, 1.82) is 0 Å². The SMILES string of the molecule is COc1cc2c(cc1OCc1ccccc1)CCNC2/C=C/c1cc(-c2cncnc2)ccc1C. The van der Waals surface area contributed by atoms with Crippen LogP contribution in [0, 0.1) is 6.92 Å². The number of benzene rings is 3. The molecule has 1 atom stereocenters. The van der Waals surface area contributed by atoms with Crippen LogP contribution in [0.5, 0.6) is 11.5 Å². The van der Waals surface area contributed by atoms with Gasteiger partial charge < -0.3 is 14.8 Å². The lowest BCUT2D eigenvalue weighted by atomic mass is 9.92. The van der Waals surface area contributed by atoms with Crippen LogP contribution < -0.4 is 14.8 Å². The van der Waals surface area contributed by atoms with Crippen molar-refractivity contribution in [3.63, 3.8) is 0 Å². The Morgan fingerprint density at radius 2 is 1.80 bits per heavy atom. The highest BCUT2D eigenvalue weighted by atomic mass is 16.5. The van der Waals surface area contributed by atoms with Gasteiger partial charge in [-0.15, -0.1) is 0 Å². The number of aryl methyl sites for hydroxylation is 1. The van der Waals surface area contributed by atoms with E-state index in [1.54, 1.807) is 13.4 Å². The fourth-order valence-corrected chi connectivity index (χ4v) is 4.42. The van der Waals surface area contributed by atoms with Gasteiger partial charge in [0.15, 0.2) is 11.5 Å². The molecule has 0 fully saturated rings. The largest absolute Gasteiger partial charge is 0.493 e. The highest BCUT2D eigenvalue weighted by Gasteiger charge is 2.21. The van der Waals surface area contributed by atoms with Crippen molar-refractivity contribution in [2.45, 2.75) is 26.0 Å². The maximum absolute atomic E-state index is 6.14. The average molecular weight is 464 g/mol. The van der Waals surface area contributed by atoms with Gasteiger partial charge in [0.2, 0.25) is 0 Å². The van der Waals surface area contributed by atoms with Gasteiger partial charge in [-0.05, 0) is 64.9 Å². The van der Waals surface area contributed by atoms with Gasteiger partial charge in [0, 0.05) is 24.5 Å². The van der Waals surface area contributed by atoms with Gasteiger partial charge in [0.1, 0.15) is 12.9 Å². The summed E-state index contributed by atoms with van der Waals surface area (Å²) in [5, 5.41) is 3.64. The van der Waals surface area contributed by atoms with E-state index < -0.39 is 0 Å². The quantitative estimate of drug-likeness (QED) is 0.368. The molecule has 1 aliphatic heterocycles. The summed E-state index contributed by atoms with van der Waals surface area (Å²) in [4.78, 5) is 8.30. The summed E-state index contributed by atoms with van der Waals surface area (Å²) >= 11 is 0. The van der Waals surface area contributed by atoms with Crippen LogP contribution >= 0.6 is 0 Å². The molecule has 1 N–H and O–H groups in total. The van der Waals surface area contributed by atoms with E-state index in [9.17, 15) is 0 Å². The number of aromatic nitrogens is 2. The van der Waals surface area contributed by atoms with Crippen molar-refractivity contribution < 1.29 is 9.47 Å². The minimum Gasteiger partial charge on any atom is -0.493 e. The molecule has 0 spiro atoms. The van der Waals surface area contributed by atoms with Gasteiger partial charge in [-0.25, -0.2) is 9.97 Å². The van der Waals surface area contributed by atoms with Crippen molar-refractivity contribution in [2.24, 2.45) is 0 Å². The number of rotatable bonds is 7. The number of hydrogen-bond donors (Lipinski definition) is 1. The van der Waals surface area contributed by atoms with Crippen molar-refractivity contribution in [3.05, 3.63) is 113 Å². The number of ether oxygens (including phenoxy) is 2. The molecule has 4 aromatic rings. The normalized spacial score (nSPS) is 15.1. The Morgan fingerprint density at radius 3 is 2.60 bits per heavy atom. The fourth-order valence-electron chi connectivity index (χ4n) is 4.42. The molecule has 0 amide bonds. The summed E-state index contributed by atoms with van der Waals surface area (Å²) in [6, 6.07) is 21.0. The Balaban J connectivity index is 1.39. The zero-order valence-corrected chi connectivity index (χ0v) is 20.1. The van der Waals surface area contributed by atoms with E-state index in [4.69, 9.17) is 9.47 Å². The second kappa shape index (κ2) is 10.5. The number of nitrogens with zero attached hydrogens (tertiary/aromatic N) is 2. The van der Waals surface area contributed by atoms with E-state index in [2.05, 4.69) is 76.8 Å². The molecule has 176 valence electrons. The van der Waals surface area contributed by atoms with E-state index in [1.807, 2.05) is 30.6 Å². The maximum atomic E-state index is 6.14. The summed E-state index contributed by atoms with van der Waals surface area (Å²) < 4.78 is 11.8. The van der Waals surface area contributed by atoms with Crippen LogP contribution in [0.3, 0.4) is 0 Å². The highest BCUT2D eigenvalue weighted by molar-refractivity contribution is 5.68. The van der Waals surface area contributed by atoms with Gasteiger partial charge in [-0.3, -0.25) is 0 Å². The van der Waals surface area contributed by atoms with E-state index in [1.165, 1.54) is 22.3 Å². The number of nitrogens with one attached hydrogen (secondary N) is 1. The number of hydrogen-bond acceptors (Lipinski definition) is 5. The predicted octanol–water partition coefficient (Wildman–Crippen LogP) is 5.94. The average Bonchev–Trinajstić information content (AvgIpc) is 2.92. The van der Waals surface area contributed by atoms with E-state index >= 15 is 0 Å². The molecule has 0 bridgehead atoms. The molecule has 5 nitrogen and oxygen atoms in total. The predicted molar refractivity (Wildman–Crippen MR) is 139 cm³/mol. The van der Waals surface area contributed by atoms with Crippen LogP contribution in [-0.2, 0) is 13.0 Å². The van der Waals surface area contributed by atoms with Gasteiger partial charge in [-0.1, -0.05) is 54.6 Å². The molecule has 0 radical (unpaired) electrons. The van der Waals surface area contributed by atoms with Crippen LogP contribution in [0.1, 0.15) is 33.9 Å². The first-order valence-corrected chi connectivity index (χ1v) is 11.9. The molecule has 0 saturated heterocycles. The van der Waals surface area contributed by atoms with E-state index in [-0.39, 0.29) is 6.04 Å². The number of methoxy groups -OCH3 is 1. The molecule has 1 aliphatic rings. The van der Waals surface area contributed by atoms with Gasteiger partial charge >= 0.3 is 0 Å². The second-order valence-corrected chi connectivity index (χ2v) is 8.72. The molecular weight excluding hydrogens is 434 g/mol. The minimum absolute atomic E-state index is 0.0962. The summed E-state index contributed by atoms with van der Waals surface area (Å²) in [7, 11) is 1.69. The zero-order chi connectivity index (χ0) is 24.0. The van der Waals surface area contributed by atoms with Gasteiger partial charge in [-0.2, -0.15) is 0 Å². The Bertz CT molecular complexity index is 1320. The smallest absolute Gasteiger partial charge is 0.161 e. The van der Waals surface area contributed by atoms with Gasteiger partial charge in [0.25, 0.3) is 0 Å². The summed E-state index contributed by atoms with van der Waals surface area (Å²) in [5.41, 5.74) is 8.16. The fraction of sp³-hybridized carbons (Fsp3) is 0.200. The molecule has 0 aliphatic carbocycles. The lowest BCUT2D eigenvalue weighted by molar-refractivity contribution is 0.283. The van der Waals surface area contributed by atoms with E-state index in [0.29, 0.717) is 6.61 Å². The first-order chi connectivity index (χ1) is 17.2. The zero-order valence-electron chi connectivity index (χ0n) is 20.1. The Kier molecular flexibility index (Phi) is 6.87. The highest BCUT2D eigenvalue weighted by Crippen LogP contribution is 2.36.